The van der Waals surface area contributed by atoms with Crippen LogP contribution in [0.1, 0.15) is 108 Å². The van der Waals surface area contributed by atoms with Crippen molar-refractivity contribution in [3.8, 4) is 0 Å². The van der Waals surface area contributed by atoms with Crippen molar-refractivity contribution in [3.05, 3.63) is 11.6 Å². The maximum Gasteiger partial charge on any atom is 0.335 e. The highest BCUT2D eigenvalue weighted by Gasteiger charge is 2.76. The zero-order chi connectivity index (χ0) is 62.0. The number of carbonyl (C=O) groups excluding carboxylic acids is 2. The lowest BCUT2D eigenvalue weighted by Gasteiger charge is -2.73. The Labute approximate surface area is 486 Å². The molecular formula is C57H90O27. The topological polar surface area (TPSA) is 427 Å². The molecule has 0 aromatic heterocycles. The van der Waals surface area contributed by atoms with Gasteiger partial charge in [-0.05, 0) is 84.9 Å². The molecule has 4 aliphatic heterocycles. The number of hydrogen-bond acceptors (Lipinski definition) is 26. The summed E-state index contributed by atoms with van der Waals surface area (Å²) in [5.74, 6) is -4.28. The first-order valence-corrected chi connectivity index (χ1v) is 29.3. The lowest BCUT2D eigenvalue weighted by molar-refractivity contribution is -0.386. The number of carboxylic acid groups (broad SMARTS) is 1. The van der Waals surface area contributed by atoms with E-state index >= 15 is 0 Å². The van der Waals surface area contributed by atoms with Gasteiger partial charge in [-0.25, -0.2) is 4.79 Å². The lowest BCUT2D eigenvalue weighted by atomic mass is 9.32. The third-order valence-electron chi connectivity index (χ3n) is 22.0. The first-order valence-electron chi connectivity index (χ1n) is 29.3. The maximum absolute atomic E-state index is 13.2. The number of rotatable bonds is 14. The van der Waals surface area contributed by atoms with Gasteiger partial charge in [0.1, 0.15) is 85.5 Å². The standard InChI is InChI=1S/C57H90O27/c1-21-39(76-22(2)61)34(66)37(69)48(75-21)84-45-46(77-23(3)62)57(20-60)25(17-52(45,4)5)24-11-12-29-54(8)15-14-30(53(6,7)28(54)13-16-55(29,9)56(24,10)43(71)44(57)72)80-51-42(83-50-36(68)33(65)31(63)26(18-58)78-50)40(38(70)41(82-51)47(73)74)81-49-35(67)32(64)27(19-59)79-49/h11,21,25-46,48-51,58-60,63-72H,12-20H2,1-10H3,(H,73,74)/t21-,25?,26+,27+,28?,29?,30-,31-,32+,33-,34-,35-,36+,37+,38-,39-,40-,41-,42+,43+,44-,45-,46+,48-,49+,50-,51-,54-,55+,56-,57-/m0/s1. The van der Waals surface area contributed by atoms with Crippen molar-refractivity contribution in [3.63, 3.8) is 0 Å². The molecule has 84 heavy (non-hydrogen) atoms. The van der Waals surface area contributed by atoms with Crippen LogP contribution in [0, 0.1) is 50.2 Å². The van der Waals surface area contributed by atoms with Gasteiger partial charge >= 0.3 is 17.9 Å². The fraction of sp³-hybridized carbons (Fsp3) is 0.912. The summed E-state index contributed by atoms with van der Waals surface area (Å²) in [5, 5.41) is 157. The quantitative estimate of drug-likeness (QED) is 0.0475. The molecule has 3 unspecified atom stereocenters. The third-order valence-corrected chi connectivity index (χ3v) is 22.0. The molecule has 4 saturated carbocycles. The van der Waals surface area contributed by atoms with Gasteiger partial charge < -0.3 is 119 Å². The van der Waals surface area contributed by atoms with Crippen molar-refractivity contribution in [2.75, 3.05) is 19.8 Å². The Morgan fingerprint density at radius 2 is 1.14 bits per heavy atom. The molecule has 27 nitrogen and oxygen atoms in total. The van der Waals surface area contributed by atoms with Gasteiger partial charge in [0.2, 0.25) is 0 Å². The number of esters is 2. The Kier molecular flexibility index (Phi) is 18.5. The summed E-state index contributed by atoms with van der Waals surface area (Å²) < 4.78 is 60.4. The molecule has 0 aromatic carbocycles. The number of hydrogen-bond donors (Lipinski definition) is 14. The van der Waals surface area contributed by atoms with E-state index in [0.717, 1.165) is 12.5 Å². The van der Waals surface area contributed by atoms with Gasteiger partial charge in [0.25, 0.3) is 0 Å². The normalized spacial score (nSPS) is 52.4. The molecule has 9 rings (SSSR count). The fourth-order valence-corrected chi connectivity index (χ4v) is 17.4. The molecule has 0 amide bonds. The summed E-state index contributed by atoms with van der Waals surface area (Å²) in [6.45, 7) is 15.4. The second kappa shape index (κ2) is 23.6. The minimum Gasteiger partial charge on any atom is -0.479 e. The average molecular weight is 1210 g/mol. The third kappa shape index (κ3) is 10.3. The largest absolute Gasteiger partial charge is 0.479 e. The van der Waals surface area contributed by atoms with E-state index in [0.29, 0.717) is 25.7 Å². The SMILES string of the molecule is CC(=O)O[C@@H]1[C@@H](O)[C@@H](O)[C@H](O[C@H]2[C@@H](OC(C)=O)[C@@]3(CO)C(CC2(C)C)C2=CCC4[C@@]5(C)CC[C@H](O[C@H]6O[C@H](C(=O)O)[C@@H](O)[C@H](O[C@H]7O[C@H](CO)[C@@H](O)[C@@H]7O)[C@H]6O[C@@H]6O[C@H](CO)[C@H](O)[C@H](O)[C@H]6O)C(C)(C)C5CC[C@@]4(C)[C@]2(C)[C@H](O)[C@@H]3O)O[C@H]1C. The molecule has 0 aromatic rings. The highest BCUT2D eigenvalue weighted by atomic mass is 16.8. The number of allylic oxidation sites excluding steroid dienone is 1. The fourth-order valence-electron chi connectivity index (χ4n) is 17.4. The molecule has 4 saturated heterocycles. The molecule has 0 spiro atoms. The zero-order valence-electron chi connectivity index (χ0n) is 49.1. The summed E-state index contributed by atoms with van der Waals surface area (Å²) in [6.07, 6.45) is -35.1. The van der Waals surface area contributed by atoms with Gasteiger partial charge in [0.15, 0.2) is 37.4 Å². The van der Waals surface area contributed by atoms with Gasteiger partial charge in [0.05, 0.1) is 49.7 Å². The molecule has 4 heterocycles. The molecule has 9 aliphatic rings. The van der Waals surface area contributed by atoms with Crippen LogP contribution in [0.2, 0.25) is 0 Å². The Hall–Kier alpha value is -2.69. The molecule has 480 valence electrons. The molecular weight excluding hydrogens is 1120 g/mol. The number of aliphatic carboxylic acids is 1. The van der Waals surface area contributed by atoms with Crippen LogP contribution < -0.4 is 0 Å². The maximum atomic E-state index is 13.2. The first-order chi connectivity index (χ1) is 39.1. The van der Waals surface area contributed by atoms with E-state index < -0.39 is 223 Å². The number of fused-ring (bicyclic) bond motifs is 7. The van der Waals surface area contributed by atoms with E-state index in [4.69, 9.17) is 47.4 Å². The highest BCUT2D eigenvalue weighted by molar-refractivity contribution is 5.73. The van der Waals surface area contributed by atoms with Gasteiger partial charge in [-0.1, -0.05) is 60.1 Å². The zero-order valence-corrected chi connectivity index (χ0v) is 49.1. The molecule has 8 fully saturated rings. The van der Waals surface area contributed by atoms with E-state index in [9.17, 15) is 85.9 Å². The lowest BCUT2D eigenvalue weighted by Crippen LogP contribution is -2.77. The van der Waals surface area contributed by atoms with Crippen LogP contribution in [0.5, 0.6) is 0 Å². The van der Waals surface area contributed by atoms with E-state index in [1.165, 1.54) is 13.8 Å². The number of aliphatic hydroxyl groups is 13. The number of carbonyl (C=O) groups is 3. The second-order valence-electron chi connectivity index (χ2n) is 27.3. The van der Waals surface area contributed by atoms with Crippen LogP contribution in [-0.2, 0) is 61.8 Å². The van der Waals surface area contributed by atoms with E-state index in [1.807, 2.05) is 34.6 Å². The van der Waals surface area contributed by atoms with Crippen LogP contribution in [0.15, 0.2) is 11.6 Å². The number of carboxylic acids is 1. The molecule has 0 bridgehead atoms. The van der Waals surface area contributed by atoms with E-state index in [-0.39, 0.29) is 24.7 Å². The number of aliphatic hydroxyl groups excluding tert-OH is 13. The van der Waals surface area contributed by atoms with Crippen molar-refractivity contribution >= 4 is 17.9 Å². The van der Waals surface area contributed by atoms with Gasteiger partial charge in [-0.3, -0.25) is 9.59 Å². The first kappa shape index (κ1) is 65.7. The molecule has 0 radical (unpaired) electrons. The van der Waals surface area contributed by atoms with Gasteiger partial charge in [-0.15, -0.1) is 0 Å². The summed E-state index contributed by atoms with van der Waals surface area (Å²) in [5.41, 5.74) is -5.35. The van der Waals surface area contributed by atoms with Crippen molar-refractivity contribution in [1.82, 2.24) is 0 Å². The smallest absolute Gasteiger partial charge is 0.335 e. The van der Waals surface area contributed by atoms with Crippen LogP contribution in [0.3, 0.4) is 0 Å². The average Bonchev–Trinajstić information content (AvgIpc) is 0.723. The number of ether oxygens (including phenoxy) is 10. The van der Waals surface area contributed by atoms with E-state index in [1.54, 1.807) is 0 Å². The van der Waals surface area contributed by atoms with Crippen molar-refractivity contribution < 1.29 is 133 Å². The summed E-state index contributed by atoms with van der Waals surface area (Å²) in [4.78, 5) is 38.0. The van der Waals surface area contributed by atoms with Crippen molar-refractivity contribution in [2.45, 2.75) is 255 Å². The van der Waals surface area contributed by atoms with Crippen LogP contribution in [0.25, 0.3) is 0 Å². The van der Waals surface area contributed by atoms with E-state index in [2.05, 4.69) is 19.9 Å². The second-order valence-corrected chi connectivity index (χ2v) is 27.3. The predicted molar refractivity (Wildman–Crippen MR) is 280 cm³/mol. The summed E-state index contributed by atoms with van der Waals surface area (Å²) in [7, 11) is 0. The Morgan fingerprint density at radius 1 is 0.583 bits per heavy atom. The van der Waals surface area contributed by atoms with Crippen LogP contribution in [-0.4, -0.2) is 256 Å². The molecule has 5 aliphatic carbocycles. The van der Waals surface area contributed by atoms with Crippen molar-refractivity contribution in [1.29, 1.82) is 0 Å². The highest BCUT2D eigenvalue weighted by Crippen LogP contribution is 2.76. The van der Waals surface area contributed by atoms with Gasteiger partial charge in [0, 0.05) is 19.3 Å². The predicted octanol–water partition coefficient (Wildman–Crippen LogP) is -2.78. The monoisotopic (exact) mass is 1210 g/mol. The Morgan fingerprint density at radius 3 is 1.71 bits per heavy atom. The Balaban J connectivity index is 1.03. The van der Waals surface area contributed by atoms with Gasteiger partial charge in [-0.2, -0.15) is 0 Å². The van der Waals surface area contributed by atoms with Crippen molar-refractivity contribution in [2.24, 2.45) is 50.2 Å². The minimum absolute atomic E-state index is 0.189. The summed E-state index contributed by atoms with van der Waals surface area (Å²) in [6, 6.07) is 0. The molecule has 31 atom stereocenters. The molecule has 14 N–H and O–H groups in total. The van der Waals surface area contributed by atoms with Crippen LogP contribution in [0.4, 0.5) is 0 Å². The minimum atomic E-state index is -2.14. The Bertz CT molecular complexity index is 2430. The molecule has 27 heteroatoms. The summed E-state index contributed by atoms with van der Waals surface area (Å²) >= 11 is 0. The van der Waals surface area contributed by atoms with Crippen LogP contribution >= 0.6 is 0 Å².